The summed E-state index contributed by atoms with van der Waals surface area (Å²) < 4.78 is 0. The van der Waals surface area contributed by atoms with Gasteiger partial charge in [-0.2, -0.15) is 0 Å². The first-order valence-electron chi connectivity index (χ1n) is 22.3. The highest BCUT2D eigenvalue weighted by Gasteiger charge is 2.33. The Labute approximate surface area is 346 Å². The molecule has 20 heteroatoms. The van der Waals surface area contributed by atoms with Gasteiger partial charge in [0.1, 0.15) is 0 Å². The molecule has 0 saturated carbocycles. The number of unbranched alkanes of at least 4 members (excludes halogenated alkanes) is 8. The van der Waals surface area contributed by atoms with Crippen LogP contribution in [-0.4, -0.2) is 186 Å². The van der Waals surface area contributed by atoms with Crippen LogP contribution < -0.4 is 5.32 Å². The molecule has 0 aromatic heterocycles. The number of hydrogen-bond donors (Lipinski definition) is 7. The van der Waals surface area contributed by atoms with Crippen molar-refractivity contribution in [1.82, 2.24) is 34.2 Å². The van der Waals surface area contributed by atoms with E-state index in [1.165, 1.54) is 6.42 Å². The van der Waals surface area contributed by atoms with Crippen LogP contribution in [0.1, 0.15) is 110 Å². The van der Waals surface area contributed by atoms with Gasteiger partial charge in [0.2, 0.25) is 5.91 Å². The van der Waals surface area contributed by atoms with Crippen LogP contribution in [0.15, 0.2) is 0 Å². The fourth-order valence-electron chi connectivity index (χ4n) is 7.14. The second-order valence-corrected chi connectivity index (χ2v) is 16.3. The average Bonchev–Trinajstić information content (AvgIpc) is 3.12. The molecule has 0 aromatic rings. The molecule has 0 atom stereocenters. The first-order valence-corrected chi connectivity index (χ1v) is 22.3. The quantitative estimate of drug-likeness (QED) is 0.0277. The zero-order valence-corrected chi connectivity index (χ0v) is 37.5. The summed E-state index contributed by atoms with van der Waals surface area (Å²) in [6.07, 6.45) is 14.4. The van der Waals surface area contributed by atoms with Crippen molar-refractivity contribution in [3.63, 3.8) is 0 Å². The maximum absolute atomic E-state index is 12.2. The van der Waals surface area contributed by atoms with Crippen LogP contribution in [0.2, 0.25) is 40.9 Å². The van der Waals surface area contributed by atoms with E-state index in [0.717, 1.165) is 129 Å². The lowest BCUT2D eigenvalue weighted by molar-refractivity contribution is -0.121. The fraction of sp³-hybridized carbons (Fsp3) is 0.972. The maximum Gasteiger partial charge on any atom is 0.377 e. The number of nitrogens with one attached hydrogen (secondary N) is 1. The van der Waals surface area contributed by atoms with E-state index >= 15 is 0 Å². The Balaban J connectivity index is 5.50. The molecule has 7 N–H and O–H groups in total. The summed E-state index contributed by atoms with van der Waals surface area (Å²) in [6, 6.07) is 0. The second kappa shape index (κ2) is 34.1. The van der Waals surface area contributed by atoms with E-state index in [9.17, 15) is 34.9 Å². The number of carbonyl (C=O) groups excluding carboxylic acids is 1. The molecule has 0 bridgehead atoms. The van der Waals surface area contributed by atoms with Crippen molar-refractivity contribution in [3.05, 3.63) is 0 Å². The van der Waals surface area contributed by atoms with Crippen molar-refractivity contribution in [2.75, 3.05) is 73.0 Å². The van der Waals surface area contributed by atoms with Gasteiger partial charge in [0.25, 0.3) is 0 Å². The fourth-order valence-corrected chi connectivity index (χ4v) is 7.14. The topological polar surface area (TPSA) is 170 Å². The third-order valence-electron chi connectivity index (χ3n) is 11.2. The molecule has 0 aromatic carbocycles. The highest BCUT2D eigenvalue weighted by Crippen LogP contribution is 2.20. The van der Waals surface area contributed by atoms with E-state index in [4.69, 9.17) is 0 Å². The first-order chi connectivity index (χ1) is 26.5. The summed E-state index contributed by atoms with van der Waals surface area (Å²) in [7, 11) is 0.167. The van der Waals surface area contributed by atoms with Gasteiger partial charge in [-0.3, -0.25) is 4.79 Å². The molecule has 0 spiro atoms. The van der Waals surface area contributed by atoms with E-state index in [0.29, 0.717) is 26.1 Å². The van der Waals surface area contributed by atoms with Crippen LogP contribution in [0.25, 0.3) is 0 Å². The highest BCUT2D eigenvalue weighted by atomic mass is 16.2. The maximum atomic E-state index is 12.2. The Hall–Kier alpha value is -0.620. The second-order valence-electron chi connectivity index (χ2n) is 16.3. The van der Waals surface area contributed by atoms with Crippen molar-refractivity contribution in [2.45, 2.75) is 157 Å². The van der Waals surface area contributed by atoms with Crippen LogP contribution in [0.5, 0.6) is 0 Å². The van der Waals surface area contributed by atoms with Crippen LogP contribution in [0, 0.1) is 0 Å². The van der Waals surface area contributed by atoms with Crippen molar-refractivity contribution in [1.29, 1.82) is 0 Å². The van der Waals surface area contributed by atoms with Gasteiger partial charge >= 0.3 is 42.3 Å². The number of hydrogen-bond acceptors (Lipinski definition) is 13. The summed E-state index contributed by atoms with van der Waals surface area (Å²) in [4.78, 5) is 24.3. The Morgan fingerprint density at radius 1 is 0.482 bits per heavy atom. The molecule has 1 amide bonds. The monoisotopic (exact) mass is 794 g/mol. The smallest absolute Gasteiger partial charge is 0.377 e. The lowest BCUT2D eigenvalue weighted by Gasteiger charge is -2.42. The van der Waals surface area contributed by atoms with Crippen LogP contribution in [-0.2, 0) is 4.79 Å². The van der Waals surface area contributed by atoms with Crippen molar-refractivity contribution in [3.8, 4) is 0 Å². The predicted molar refractivity (Wildman–Crippen MR) is 241 cm³/mol. The lowest BCUT2D eigenvalue weighted by atomic mass is 9.78. The molecule has 0 rings (SSSR count). The predicted octanol–water partition coefficient (Wildman–Crippen LogP) is 2.42. The Bertz CT molecular complexity index is 890. The van der Waals surface area contributed by atoms with Gasteiger partial charge in [0.15, 0.2) is 0 Å². The number of nitrogens with zero attached hydrogens (tertiary/aromatic N) is 6. The summed E-state index contributed by atoms with van der Waals surface area (Å²) in [6.45, 7) is 19.2. The molecule has 56 heavy (non-hydrogen) atoms. The van der Waals surface area contributed by atoms with Crippen LogP contribution >= 0.6 is 0 Å². The Morgan fingerprint density at radius 2 is 0.893 bits per heavy atom. The third kappa shape index (κ3) is 27.2. The number of amides is 1. The average molecular weight is 793 g/mol. The van der Waals surface area contributed by atoms with Gasteiger partial charge in [-0.15, -0.1) is 0 Å². The van der Waals surface area contributed by atoms with E-state index in [-0.39, 0.29) is 12.1 Å². The molecule has 0 radical (unpaired) electrons. The minimum absolute atomic E-state index is 0.141. The normalized spacial score (nSPS) is 12.0. The SMILES string of the molecule is CCCCCCC(=O)NCCCCCCC(N(CCCCN(CCCN(C)B(C)O)B(C)O)B(C)O)N(CCCCN(CCCN(C)B(C)O)B(C)O)B(C)O. The molecule has 0 aliphatic rings. The van der Waals surface area contributed by atoms with E-state index < -0.39 is 42.3 Å². The summed E-state index contributed by atoms with van der Waals surface area (Å²) in [5, 5.41) is 65.8. The minimum atomic E-state index is -0.719. The summed E-state index contributed by atoms with van der Waals surface area (Å²) in [5.74, 6) is 0.141. The van der Waals surface area contributed by atoms with Gasteiger partial charge in [-0.25, -0.2) is 0 Å². The first kappa shape index (κ1) is 55.4. The Morgan fingerprint density at radius 3 is 1.30 bits per heavy atom. The highest BCUT2D eigenvalue weighted by molar-refractivity contribution is 6.47. The number of rotatable bonds is 38. The number of carbonyl (C=O) groups is 1. The van der Waals surface area contributed by atoms with E-state index in [2.05, 4.69) is 31.5 Å². The molecule has 324 valence electrons. The van der Waals surface area contributed by atoms with Crippen LogP contribution in [0.4, 0.5) is 0 Å². The molecule has 14 nitrogen and oxygen atoms in total. The summed E-state index contributed by atoms with van der Waals surface area (Å²) in [5.41, 5.74) is 0. The van der Waals surface area contributed by atoms with Crippen molar-refractivity contribution < 1.29 is 34.9 Å². The van der Waals surface area contributed by atoms with Gasteiger partial charge in [0, 0.05) is 19.1 Å². The molecule has 0 fully saturated rings. The van der Waals surface area contributed by atoms with Gasteiger partial charge in [0.05, 0.1) is 0 Å². The molecule has 0 aliphatic carbocycles. The molecular formula is C36H85B6N7O7. The van der Waals surface area contributed by atoms with Crippen molar-refractivity contribution >= 4 is 48.2 Å². The zero-order chi connectivity index (χ0) is 42.5. The molecule has 0 aliphatic heterocycles. The molecular weight excluding hydrogens is 707 g/mol. The van der Waals surface area contributed by atoms with Gasteiger partial charge in [-0.05, 0) is 165 Å². The minimum Gasteiger partial charge on any atom is -0.437 e. The largest absolute Gasteiger partial charge is 0.437 e. The van der Waals surface area contributed by atoms with E-state index in [1.807, 2.05) is 23.7 Å². The van der Waals surface area contributed by atoms with Crippen molar-refractivity contribution in [2.24, 2.45) is 0 Å². The van der Waals surface area contributed by atoms with E-state index in [1.54, 1.807) is 40.9 Å². The molecule has 0 heterocycles. The van der Waals surface area contributed by atoms with Gasteiger partial charge < -0.3 is 64.3 Å². The summed E-state index contributed by atoms with van der Waals surface area (Å²) >= 11 is 0. The molecule has 0 saturated heterocycles. The van der Waals surface area contributed by atoms with Crippen LogP contribution in [0.3, 0.4) is 0 Å². The Kier molecular flexibility index (Phi) is 33.8. The zero-order valence-electron chi connectivity index (χ0n) is 37.5. The van der Waals surface area contributed by atoms with Gasteiger partial charge in [-0.1, -0.05) is 45.4 Å². The lowest BCUT2D eigenvalue weighted by Crippen LogP contribution is -2.58. The standard InChI is InChI=1S/C36H85B6N7O7/c1-10-11-12-15-24-35(50)43-26-17-14-13-16-25-36(48(41(6)55)33-20-18-29-46(39(4)53)31-22-27-44(8)37(2)51)49(42(7)56)34-21-19-30-47(40(5)54)32-23-28-45(9)38(3)52/h36,51-56H,10-34H2,1-9H3,(H,43,50). The third-order valence-corrected chi connectivity index (χ3v) is 11.2. The molecule has 0 unspecified atom stereocenters.